The molecule has 0 radical (unpaired) electrons. The van der Waals surface area contributed by atoms with Crippen molar-refractivity contribution in [2.45, 2.75) is 43.4 Å². The predicted molar refractivity (Wildman–Crippen MR) is 128 cm³/mol. The number of methoxy groups -OCH3 is 2. The molecule has 11 nitrogen and oxygen atoms in total. The molecular formula is C26H28O11. The number of fused-ring (bicyclic) bond motifs is 1. The number of rotatable bonds is 8. The van der Waals surface area contributed by atoms with E-state index in [1.165, 1.54) is 19.2 Å². The second-order valence-electron chi connectivity index (χ2n) is 8.66. The number of hydrogen-bond acceptors (Lipinski definition) is 11. The van der Waals surface area contributed by atoms with Crippen LogP contribution in [0.4, 0.5) is 4.79 Å². The molecule has 0 amide bonds. The molecule has 1 aromatic heterocycles. The zero-order chi connectivity index (χ0) is 26.7. The zero-order valence-electron chi connectivity index (χ0n) is 20.2. The Kier molecular flexibility index (Phi) is 7.98. The molecule has 0 spiro atoms. The van der Waals surface area contributed by atoms with Gasteiger partial charge in [0.25, 0.3) is 0 Å². The van der Waals surface area contributed by atoms with Crippen LogP contribution in [0.2, 0.25) is 0 Å². The second-order valence-corrected chi connectivity index (χ2v) is 8.66. The maximum absolute atomic E-state index is 13.1. The number of benzene rings is 2. The number of phenolic OH excluding ortho intramolecular Hbond substituents is 1. The van der Waals surface area contributed by atoms with Crippen LogP contribution in [0.3, 0.4) is 0 Å². The Morgan fingerprint density at radius 3 is 2.51 bits per heavy atom. The van der Waals surface area contributed by atoms with E-state index in [1.807, 2.05) is 24.3 Å². The molecule has 0 aliphatic carbocycles. The smallest absolute Gasteiger partial charge is 0.507 e. The summed E-state index contributed by atoms with van der Waals surface area (Å²) in [4.78, 5) is 24.4. The first-order chi connectivity index (χ1) is 17.7. The van der Waals surface area contributed by atoms with Gasteiger partial charge in [0.05, 0.1) is 26.0 Å². The number of ketones is 1. The zero-order valence-corrected chi connectivity index (χ0v) is 20.2. The number of carbonyl (C=O) groups is 2. The van der Waals surface area contributed by atoms with Gasteiger partial charge in [-0.05, 0) is 36.2 Å². The number of furan rings is 1. The van der Waals surface area contributed by atoms with Gasteiger partial charge in [0.1, 0.15) is 54.2 Å². The number of carbonyl (C=O) groups excluding carboxylic acids is 2. The Morgan fingerprint density at radius 2 is 1.78 bits per heavy atom. The van der Waals surface area contributed by atoms with Crippen molar-refractivity contribution < 1.29 is 53.4 Å². The van der Waals surface area contributed by atoms with E-state index < -0.39 is 43.3 Å². The first-order valence-electron chi connectivity index (χ1n) is 11.5. The van der Waals surface area contributed by atoms with E-state index in [2.05, 4.69) is 4.74 Å². The number of Topliss-reactive ketones (excluding diaryl/α,β-unsaturated/α-hetero) is 1. The molecule has 0 bridgehead atoms. The third-order valence-corrected chi connectivity index (χ3v) is 6.36. The van der Waals surface area contributed by atoms with Crippen LogP contribution in [0, 0.1) is 0 Å². The standard InChI is InChI=1S/C26H28O11/c1-33-20-11-18(28)15(17(27)5-3-13-4-6-19-14(9-13)7-8-35-19)10-16(20)25-24(31)23(30)22(29)21(37-25)12-36-26(32)34-2/h4,6-11,21-25,28-31H,3,5,12H2,1-2H3. The average molecular weight is 516 g/mol. The fraction of sp³-hybridized carbons (Fsp3) is 0.385. The minimum atomic E-state index is -1.67. The third kappa shape index (κ3) is 5.54. The van der Waals surface area contributed by atoms with Gasteiger partial charge in [-0.1, -0.05) is 6.07 Å². The largest absolute Gasteiger partial charge is 0.508 e. The van der Waals surface area contributed by atoms with Crippen molar-refractivity contribution in [3.63, 3.8) is 0 Å². The van der Waals surface area contributed by atoms with Crippen LogP contribution < -0.4 is 4.74 Å². The summed E-state index contributed by atoms with van der Waals surface area (Å²) >= 11 is 0. The van der Waals surface area contributed by atoms with Gasteiger partial charge in [0.2, 0.25) is 0 Å². The number of aliphatic hydroxyl groups is 3. The molecule has 1 aliphatic rings. The monoisotopic (exact) mass is 516 g/mol. The Bertz CT molecular complexity index is 1270. The third-order valence-electron chi connectivity index (χ3n) is 6.36. The fourth-order valence-electron chi connectivity index (χ4n) is 4.33. The summed E-state index contributed by atoms with van der Waals surface area (Å²) in [5.41, 5.74) is 1.78. The molecule has 4 rings (SSSR count). The summed E-state index contributed by atoms with van der Waals surface area (Å²) in [6, 6.07) is 9.96. The average Bonchev–Trinajstić information content (AvgIpc) is 3.37. The van der Waals surface area contributed by atoms with Crippen LogP contribution in [0.5, 0.6) is 11.5 Å². The normalized spacial score (nSPS) is 23.5. The highest BCUT2D eigenvalue weighted by Gasteiger charge is 2.46. The predicted octanol–water partition coefficient (Wildman–Crippen LogP) is 2.27. The topological polar surface area (TPSA) is 165 Å². The van der Waals surface area contributed by atoms with Gasteiger partial charge in [-0.25, -0.2) is 4.79 Å². The van der Waals surface area contributed by atoms with E-state index in [9.17, 15) is 30.0 Å². The molecule has 1 saturated heterocycles. The van der Waals surface area contributed by atoms with Crippen molar-refractivity contribution >= 4 is 22.9 Å². The second kappa shape index (κ2) is 11.2. The lowest BCUT2D eigenvalue weighted by molar-refractivity contribution is -0.232. The molecule has 1 aliphatic heterocycles. The Hall–Kier alpha value is -3.64. The van der Waals surface area contributed by atoms with E-state index in [1.54, 1.807) is 6.26 Å². The molecule has 11 heteroatoms. The van der Waals surface area contributed by atoms with Crippen molar-refractivity contribution in [1.82, 2.24) is 0 Å². The first-order valence-corrected chi connectivity index (χ1v) is 11.5. The van der Waals surface area contributed by atoms with E-state index in [4.69, 9.17) is 18.6 Å². The minimum Gasteiger partial charge on any atom is -0.507 e. The van der Waals surface area contributed by atoms with Crippen molar-refractivity contribution in [1.29, 1.82) is 0 Å². The molecule has 0 saturated carbocycles. The van der Waals surface area contributed by atoms with Crippen LogP contribution in [0.1, 0.15) is 34.0 Å². The summed E-state index contributed by atoms with van der Waals surface area (Å²) in [6.45, 7) is -0.471. The summed E-state index contributed by atoms with van der Waals surface area (Å²) in [5.74, 6) is -0.614. The maximum Gasteiger partial charge on any atom is 0.508 e. The molecule has 1 fully saturated rings. The molecule has 2 aromatic carbocycles. The molecule has 5 unspecified atom stereocenters. The van der Waals surface area contributed by atoms with Gasteiger partial charge in [0.15, 0.2) is 5.78 Å². The van der Waals surface area contributed by atoms with Gasteiger partial charge >= 0.3 is 6.16 Å². The number of phenols is 1. The van der Waals surface area contributed by atoms with E-state index in [-0.39, 0.29) is 34.8 Å². The lowest BCUT2D eigenvalue weighted by Crippen LogP contribution is -2.55. The molecule has 198 valence electrons. The lowest BCUT2D eigenvalue weighted by Gasteiger charge is -2.40. The molecular weight excluding hydrogens is 488 g/mol. The Balaban J connectivity index is 1.57. The number of aromatic hydroxyl groups is 1. The quantitative estimate of drug-likeness (QED) is 0.256. The van der Waals surface area contributed by atoms with Crippen molar-refractivity contribution in [3.05, 3.63) is 59.4 Å². The van der Waals surface area contributed by atoms with Crippen LogP contribution in [0.15, 0.2) is 47.1 Å². The van der Waals surface area contributed by atoms with Crippen LogP contribution in [-0.4, -0.2) is 77.6 Å². The Morgan fingerprint density at radius 1 is 1.00 bits per heavy atom. The minimum absolute atomic E-state index is 0.0287. The number of hydrogen-bond donors (Lipinski definition) is 4. The number of aryl methyl sites for hydroxylation is 1. The molecule has 37 heavy (non-hydrogen) atoms. The van der Waals surface area contributed by atoms with Gasteiger partial charge in [-0.15, -0.1) is 0 Å². The van der Waals surface area contributed by atoms with Crippen molar-refractivity contribution in [2.75, 3.05) is 20.8 Å². The molecule has 5 atom stereocenters. The SMILES string of the molecule is COC(=O)OCC1OC(c2cc(C(=O)CCc3ccc4occc4c3)c(O)cc2OC)C(O)C(O)C1O. The highest BCUT2D eigenvalue weighted by atomic mass is 16.7. The van der Waals surface area contributed by atoms with Crippen LogP contribution in [0.25, 0.3) is 11.0 Å². The summed E-state index contributed by atoms with van der Waals surface area (Å²) in [6.07, 6.45) is -6.32. The summed E-state index contributed by atoms with van der Waals surface area (Å²) in [7, 11) is 2.43. The highest BCUT2D eigenvalue weighted by molar-refractivity contribution is 5.99. The highest BCUT2D eigenvalue weighted by Crippen LogP contribution is 2.40. The van der Waals surface area contributed by atoms with Gasteiger partial charge < -0.3 is 43.8 Å². The Labute approximate surface area is 211 Å². The van der Waals surface area contributed by atoms with E-state index in [0.717, 1.165) is 23.6 Å². The number of aliphatic hydroxyl groups excluding tert-OH is 3. The summed E-state index contributed by atoms with van der Waals surface area (Å²) < 4.78 is 25.6. The first kappa shape index (κ1) is 26.4. The number of ether oxygens (including phenoxy) is 4. The lowest BCUT2D eigenvalue weighted by atomic mass is 9.89. The van der Waals surface area contributed by atoms with Gasteiger partial charge in [-0.3, -0.25) is 4.79 Å². The summed E-state index contributed by atoms with van der Waals surface area (Å²) in [5, 5.41) is 42.8. The maximum atomic E-state index is 13.1. The van der Waals surface area contributed by atoms with Crippen LogP contribution >= 0.6 is 0 Å². The van der Waals surface area contributed by atoms with E-state index in [0.29, 0.717) is 6.42 Å². The van der Waals surface area contributed by atoms with Crippen molar-refractivity contribution in [2.24, 2.45) is 0 Å². The molecule has 3 aromatic rings. The molecule has 2 heterocycles. The van der Waals surface area contributed by atoms with Gasteiger partial charge in [0, 0.05) is 23.4 Å². The molecule has 4 N–H and O–H groups in total. The van der Waals surface area contributed by atoms with E-state index >= 15 is 0 Å². The van der Waals surface area contributed by atoms with Gasteiger partial charge in [-0.2, -0.15) is 0 Å². The van der Waals surface area contributed by atoms with Crippen LogP contribution in [-0.2, 0) is 20.6 Å². The van der Waals surface area contributed by atoms with Crippen molar-refractivity contribution in [3.8, 4) is 11.5 Å². The fourth-order valence-corrected chi connectivity index (χ4v) is 4.33.